The molecule has 0 aliphatic carbocycles. The third kappa shape index (κ3) is 95000. The number of carboxylic acids is 6. The Labute approximate surface area is 218 Å². The molecule has 0 bridgehead atoms. The van der Waals surface area contributed by atoms with Crippen molar-refractivity contribution in [1.29, 1.82) is 0 Å². The predicted octanol–water partition coefficient (Wildman–Crippen LogP) is -8.61. The molecule has 0 aromatic heterocycles. The number of hydrogen-bond acceptors (Lipinski definition) is 12. The van der Waals surface area contributed by atoms with E-state index in [2.05, 4.69) is 0 Å². The first-order chi connectivity index (χ1) is 10.4. The molecular weight excluding hydrogens is 425 g/mol. The summed E-state index contributed by atoms with van der Waals surface area (Å²) in [6.07, 6.45) is 0. The van der Waals surface area contributed by atoms with Gasteiger partial charge >= 0.3 is 83.8 Å². The van der Waals surface area contributed by atoms with E-state index in [-0.39, 0.29) is 83.8 Å². The van der Waals surface area contributed by atoms with E-state index in [9.17, 15) is 0 Å². The van der Waals surface area contributed by atoms with Crippen LogP contribution in [-0.2, 0) is 28.8 Å². The largest absolute Gasteiger partial charge is 2.00 e. The molecule has 0 fully saturated rings. The second-order valence-electron chi connectivity index (χ2n) is 2.95. The molecule has 0 N–H and O–H groups in total. The van der Waals surface area contributed by atoms with Gasteiger partial charge in [0.1, 0.15) is 0 Å². The third-order valence-corrected chi connectivity index (χ3v) is 0. The first-order valence-electron chi connectivity index (χ1n) is 5.45. The molecule has 0 atom stereocenters. The molecule has 0 aromatic rings. The summed E-state index contributed by atoms with van der Waals surface area (Å²) < 4.78 is 0. The van der Waals surface area contributed by atoms with Gasteiger partial charge in [-0.05, 0) is 41.5 Å². The van der Waals surface area contributed by atoms with Gasteiger partial charge in [0.2, 0.25) is 0 Å². The van der Waals surface area contributed by atoms with Gasteiger partial charge in [0.15, 0.2) is 0 Å². The van der Waals surface area contributed by atoms with Gasteiger partial charge in [0.05, 0.1) is 0 Å². The van der Waals surface area contributed by atoms with E-state index in [1.807, 2.05) is 0 Å². The van der Waals surface area contributed by atoms with E-state index >= 15 is 0 Å². The van der Waals surface area contributed by atoms with Crippen molar-refractivity contribution in [3.05, 3.63) is 0 Å². The number of hydrogen-bond donors (Lipinski definition) is 0. The minimum Gasteiger partial charge on any atom is -0.550 e. The van der Waals surface area contributed by atoms with Crippen LogP contribution in [-0.4, -0.2) is 120 Å². The molecule has 0 saturated heterocycles. The van der Waals surface area contributed by atoms with E-state index in [0.29, 0.717) is 0 Å². The van der Waals surface area contributed by atoms with Gasteiger partial charge in [-0.1, -0.05) is 0 Å². The molecular formula is C12H18CaMg2O12. The van der Waals surface area contributed by atoms with Crippen LogP contribution < -0.4 is 30.6 Å². The molecule has 0 heterocycles. The first kappa shape index (κ1) is 56.3. The summed E-state index contributed by atoms with van der Waals surface area (Å²) >= 11 is 0. The molecule has 0 aliphatic rings. The van der Waals surface area contributed by atoms with Crippen LogP contribution in [0.15, 0.2) is 0 Å². The normalized spacial score (nSPS) is 5.56. The van der Waals surface area contributed by atoms with Gasteiger partial charge in [-0.2, -0.15) is 0 Å². The van der Waals surface area contributed by atoms with Crippen LogP contribution in [0, 0.1) is 0 Å². The van der Waals surface area contributed by atoms with E-state index in [1.165, 1.54) is 0 Å². The molecule has 27 heavy (non-hydrogen) atoms. The van der Waals surface area contributed by atoms with Crippen LogP contribution in [0.3, 0.4) is 0 Å². The molecule has 0 rings (SSSR count). The van der Waals surface area contributed by atoms with Gasteiger partial charge in [0, 0.05) is 35.8 Å². The molecule has 0 spiro atoms. The van der Waals surface area contributed by atoms with Crippen LogP contribution >= 0.6 is 0 Å². The van der Waals surface area contributed by atoms with E-state index in [1.54, 1.807) is 0 Å². The summed E-state index contributed by atoms with van der Waals surface area (Å²) in [7, 11) is 0. The standard InChI is InChI=1S/6C2H4O2.Ca.2Mg/c6*1-2(3)4;;;/h6*1H3,(H,3,4);;;/q;;;;;;3*+2/p-6. The third-order valence-electron chi connectivity index (χ3n) is 0. The molecule has 0 aromatic carbocycles. The van der Waals surface area contributed by atoms with Crippen molar-refractivity contribution in [2.75, 3.05) is 0 Å². The zero-order valence-corrected chi connectivity index (χ0v) is 21.1. The topological polar surface area (TPSA) is 241 Å². The van der Waals surface area contributed by atoms with Crippen molar-refractivity contribution in [2.45, 2.75) is 41.5 Å². The minimum atomic E-state index is -1.08. The van der Waals surface area contributed by atoms with Crippen molar-refractivity contribution in [3.63, 3.8) is 0 Å². The Bertz CT molecular complexity index is 272. The second-order valence-corrected chi connectivity index (χ2v) is 2.95. The van der Waals surface area contributed by atoms with Crippen LogP contribution in [0.1, 0.15) is 41.5 Å². The number of aliphatic carboxylic acids is 6. The van der Waals surface area contributed by atoms with Crippen LogP contribution in [0.5, 0.6) is 0 Å². The number of carboxylic acid groups (broad SMARTS) is 6. The molecule has 0 radical (unpaired) electrons. The quantitative estimate of drug-likeness (QED) is 0.317. The summed E-state index contributed by atoms with van der Waals surface area (Å²) in [5.74, 6) is -6.50. The van der Waals surface area contributed by atoms with E-state index in [4.69, 9.17) is 59.4 Å². The van der Waals surface area contributed by atoms with Crippen LogP contribution in [0.2, 0.25) is 0 Å². The molecule has 12 nitrogen and oxygen atoms in total. The summed E-state index contributed by atoms with van der Waals surface area (Å²) in [5, 5.41) is 53.3. The Morgan fingerprint density at radius 2 is 0.370 bits per heavy atom. The smallest absolute Gasteiger partial charge is 0.550 e. The average molecular weight is 443 g/mol. The summed E-state index contributed by atoms with van der Waals surface area (Å²) in [6.45, 7) is 5.83. The van der Waals surface area contributed by atoms with Gasteiger partial charge in [-0.25, -0.2) is 0 Å². The Morgan fingerprint density at radius 3 is 0.370 bits per heavy atom. The number of carbonyl (C=O) groups excluding carboxylic acids is 6. The molecule has 0 unspecified atom stereocenters. The van der Waals surface area contributed by atoms with Crippen LogP contribution in [0.25, 0.3) is 0 Å². The Hall–Kier alpha value is -0.388. The van der Waals surface area contributed by atoms with Gasteiger partial charge in [-0.15, -0.1) is 0 Å². The molecule has 0 amide bonds. The maximum Gasteiger partial charge on any atom is 2.00 e. The summed E-state index contributed by atoms with van der Waals surface area (Å²) in [4.78, 5) is 53.3. The van der Waals surface area contributed by atoms with Crippen molar-refractivity contribution in [2.24, 2.45) is 0 Å². The zero-order chi connectivity index (χ0) is 21.5. The predicted molar refractivity (Wildman–Crippen MR) is 81.3 cm³/mol. The fourth-order valence-corrected chi connectivity index (χ4v) is 0. The Kier molecular flexibility index (Phi) is 104. The van der Waals surface area contributed by atoms with Crippen molar-refractivity contribution < 1.29 is 59.4 Å². The molecule has 0 saturated carbocycles. The van der Waals surface area contributed by atoms with Gasteiger partial charge in [0.25, 0.3) is 0 Å². The Balaban J connectivity index is -0.0000000201. The van der Waals surface area contributed by atoms with Gasteiger partial charge < -0.3 is 59.4 Å². The number of carbonyl (C=O) groups is 6. The molecule has 144 valence electrons. The molecule has 15 heteroatoms. The fourth-order valence-electron chi connectivity index (χ4n) is 0. The van der Waals surface area contributed by atoms with Gasteiger partial charge in [-0.3, -0.25) is 0 Å². The zero-order valence-electron chi connectivity index (χ0n) is 16.0. The second kappa shape index (κ2) is 50.0. The summed E-state index contributed by atoms with van der Waals surface area (Å²) in [5.41, 5.74) is 0. The molecule has 0 aliphatic heterocycles. The first-order valence-corrected chi connectivity index (χ1v) is 5.45. The van der Waals surface area contributed by atoms with E-state index < -0.39 is 35.8 Å². The fraction of sp³-hybridized carbons (Fsp3) is 0.500. The van der Waals surface area contributed by atoms with Crippen LogP contribution in [0.4, 0.5) is 0 Å². The SMILES string of the molecule is CC(=O)[O-].CC(=O)[O-].CC(=O)[O-].CC(=O)[O-].CC(=O)[O-].CC(=O)[O-].[Ca+2].[Mg+2].[Mg+2]. The monoisotopic (exact) mass is 442 g/mol. The van der Waals surface area contributed by atoms with Crippen molar-refractivity contribution in [1.82, 2.24) is 0 Å². The Morgan fingerprint density at radius 1 is 0.370 bits per heavy atom. The minimum absolute atomic E-state index is 0. The maximum absolute atomic E-state index is 8.89. The van der Waals surface area contributed by atoms with E-state index in [0.717, 1.165) is 41.5 Å². The average Bonchev–Trinajstić information content (AvgIpc) is 2.08. The maximum atomic E-state index is 8.89. The van der Waals surface area contributed by atoms with Crippen molar-refractivity contribution in [3.8, 4) is 0 Å². The number of rotatable bonds is 0. The summed E-state index contributed by atoms with van der Waals surface area (Å²) in [6, 6.07) is 0. The van der Waals surface area contributed by atoms with Crippen molar-refractivity contribution >= 4 is 120 Å².